The minimum Gasteiger partial charge on any atom is -0.367 e. The lowest BCUT2D eigenvalue weighted by Gasteiger charge is -2.29. The van der Waals surface area contributed by atoms with E-state index in [0.717, 1.165) is 25.2 Å². The van der Waals surface area contributed by atoms with Gasteiger partial charge in [0.15, 0.2) is 0 Å². The Kier molecular flexibility index (Phi) is 2.88. The summed E-state index contributed by atoms with van der Waals surface area (Å²) < 4.78 is 13.4. The second-order valence-electron chi connectivity index (χ2n) is 4.40. The number of aldehydes is 1. The Morgan fingerprint density at radius 3 is 3.06 bits per heavy atom. The SMILES string of the molecule is O=Cc1cc(F)cc(N2CCc3sccc3C2)c1. The van der Waals surface area contributed by atoms with Crippen molar-refractivity contribution in [2.24, 2.45) is 0 Å². The molecule has 0 radical (unpaired) electrons. The van der Waals surface area contributed by atoms with Gasteiger partial charge >= 0.3 is 0 Å². The number of carbonyl (C=O) groups is 1. The van der Waals surface area contributed by atoms with Crippen LogP contribution in [0.1, 0.15) is 20.8 Å². The van der Waals surface area contributed by atoms with E-state index in [1.165, 1.54) is 22.6 Å². The highest BCUT2D eigenvalue weighted by atomic mass is 32.1. The summed E-state index contributed by atoms with van der Waals surface area (Å²) in [5.74, 6) is -0.356. The molecular weight excluding hydrogens is 249 g/mol. The van der Waals surface area contributed by atoms with Crippen molar-refractivity contribution in [1.29, 1.82) is 0 Å². The molecule has 2 heterocycles. The Hall–Kier alpha value is -1.68. The number of fused-ring (bicyclic) bond motifs is 1. The predicted octanol–water partition coefficient (Wildman–Crippen LogP) is 3.26. The molecule has 1 aromatic carbocycles. The summed E-state index contributed by atoms with van der Waals surface area (Å²) in [7, 11) is 0. The number of hydrogen-bond acceptors (Lipinski definition) is 3. The molecule has 0 amide bonds. The van der Waals surface area contributed by atoms with Gasteiger partial charge < -0.3 is 4.90 Å². The van der Waals surface area contributed by atoms with Crippen molar-refractivity contribution >= 4 is 23.3 Å². The van der Waals surface area contributed by atoms with Gasteiger partial charge in [0.25, 0.3) is 0 Å². The molecule has 2 nitrogen and oxygen atoms in total. The van der Waals surface area contributed by atoms with Crippen LogP contribution in [0.3, 0.4) is 0 Å². The fourth-order valence-electron chi connectivity index (χ4n) is 2.32. The van der Waals surface area contributed by atoms with Crippen LogP contribution in [0.5, 0.6) is 0 Å². The first-order chi connectivity index (χ1) is 8.76. The molecule has 0 fully saturated rings. The molecule has 4 heteroatoms. The molecule has 18 heavy (non-hydrogen) atoms. The van der Waals surface area contributed by atoms with E-state index < -0.39 is 0 Å². The standard InChI is InChI=1S/C14H12FNOS/c15-12-5-10(9-17)6-13(7-12)16-3-1-14-11(8-16)2-4-18-14/h2,4-7,9H,1,3,8H2. The van der Waals surface area contributed by atoms with E-state index in [1.807, 2.05) is 0 Å². The molecule has 0 spiro atoms. The van der Waals surface area contributed by atoms with Gasteiger partial charge in [-0.25, -0.2) is 4.39 Å². The fourth-order valence-corrected chi connectivity index (χ4v) is 3.21. The lowest BCUT2D eigenvalue weighted by Crippen LogP contribution is -2.29. The minimum atomic E-state index is -0.356. The van der Waals surface area contributed by atoms with E-state index in [9.17, 15) is 9.18 Å². The first kappa shape index (κ1) is 11.4. The molecule has 1 aromatic heterocycles. The maximum Gasteiger partial charge on any atom is 0.150 e. The minimum absolute atomic E-state index is 0.356. The summed E-state index contributed by atoms with van der Waals surface area (Å²) >= 11 is 1.78. The lowest BCUT2D eigenvalue weighted by atomic mass is 10.1. The van der Waals surface area contributed by atoms with E-state index in [2.05, 4.69) is 16.3 Å². The molecule has 92 valence electrons. The average molecular weight is 261 g/mol. The summed E-state index contributed by atoms with van der Waals surface area (Å²) in [6, 6.07) is 6.61. The number of nitrogens with zero attached hydrogens (tertiary/aromatic N) is 1. The molecule has 0 unspecified atom stereocenters. The van der Waals surface area contributed by atoms with Crippen LogP contribution in [0.25, 0.3) is 0 Å². The van der Waals surface area contributed by atoms with Gasteiger partial charge in [-0.2, -0.15) is 0 Å². The van der Waals surface area contributed by atoms with Crippen molar-refractivity contribution in [3.8, 4) is 0 Å². The largest absolute Gasteiger partial charge is 0.367 e. The molecule has 0 aliphatic carbocycles. The van der Waals surface area contributed by atoms with Gasteiger partial charge in [0.2, 0.25) is 0 Å². The zero-order valence-corrected chi connectivity index (χ0v) is 10.5. The van der Waals surface area contributed by atoms with Crippen LogP contribution in [0.2, 0.25) is 0 Å². The van der Waals surface area contributed by atoms with Crippen LogP contribution in [0.4, 0.5) is 10.1 Å². The van der Waals surface area contributed by atoms with E-state index in [-0.39, 0.29) is 5.82 Å². The summed E-state index contributed by atoms with van der Waals surface area (Å²) in [5.41, 5.74) is 2.48. The van der Waals surface area contributed by atoms with Gasteiger partial charge in [0.1, 0.15) is 12.1 Å². The Balaban J connectivity index is 1.92. The van der Waals surface area contributed by atoms with Crippen LogP contribution in [0.15, 0.2) is 29.6 Å². The van der Waals surface area contributed by atoms with Crippen molar-refractivity contribution in [2.75, 3.05) is 11.4 Å². The summed E-state index contributed by atoms with van der Waals surface area (Å²) in [6.45, 7) is 1.66. The van der Waals surface area contributed by atoms with Gasteiger partial charge in [0.05, 0.1) is 0 Å². The molecule has 0 saturated carbocycles. The zero-order chi connectivity index (χ0) is 12.5. The number of rotatable bonds is 2. The maximum absolute atomic E-state index is 13.4. The fraction of sp³-hybridized carbons (Fsp3) is 0.214. The molecule has 1 aliphatic rings. The lowest BCUT2D eigenvalue weighted by molar-refractivity contribution is 0.112. The number of anilines is 1. The number of hydrogen-bond donors (Lipinski definition) is 0. The monoisotopic (exact) mass is 261 g/mol. The third kappa shape index (κ3) is 2.04. The molecule has 0 N–H and O–H groups in total. The highest BCUT2D eigenvalue weighted by Gasteiger charge is 2.18. The third-order valence-electron chi connectivity index (χ3n) is 3.21. The normalized spacial score (nSPS) is 14.4. The summed E-state index contributed by atoms with van der Waals surface area (Å²) in [6.07, 6.45) is 1.67. The highest BCUT2D eigenvalue weighted by molar-refractivity contribution is 7.10. The molecule has 1 aliphatic heterocycles. The second-order valence-corrected chi connectivity index (χ2v) is 5.40. The smallest absolute Gasteiger partial charge is 0.150 e. The average Bonchev–Trinajstić information content (AvgIpc) is 2.85. The Morgan fingerprint density at radius 1 is 1.33 bits per heavy atom. The molecule has 0 bridgehead atoms. The molecule has 0 atom stereocenters. The number of benzene rings is 1. The van der Waals surface area contributed by atoms with E-state index in [1.54, 1.807) is 17.4 Å². The van der Waals surface area contributed by atoms with Gasteiger partial charge in [-0.15, -0.1) is 11.3 Å². The van der Waals surface area contributed by atoms with Crippen molar-refractivity contribution in [3.05, 3.63) is 51.5 Å². The Bertz CT molecular complexity index is 593. The van der Waals surface area contributed by atoms with Crippen LogP contribution >= 0.6 is 11.3 Å². The van der Waals surface area contributed by atoms with Crippen molar-refractivity contribution in [2.45, 2.75) is 13.0 Å². The Labute approximate surface area is 109 Å². The van der Waals surface area contributed by atoms with Gasteiger partial charge in [-0.1, -0.05) is 0 Å². The molecule has 3 rings (SSSR count). The maximum atomic E-state index is 13.4. The topological polar surface area (TPSA) is 20.3 Å². The molecular formula is C14H12FNOS. The molecule has 0 saturated heterocycles. The van der Waals surface area contributed by atoms with Crippen molar-refractivity contribution in [3.63, 3.8) is 0 Å². The van der Waals surface area contributed by atoms with E-state index >= 15 is 0 Å². The highest BCUT2D eigenvalue weighted by Crippen LogP contribution is 2.28. The van der Waals surface area contributed by atoms with Gasteiger partial charge in [0, 0.05) is 29.2 Å². The first-order valence-corrected chi connectivity index (χ1v) is 6.70. The summed E-state index contributed by atoms with van der Waals surface area (Å²) in [5, 5.41) is 2.09. The van der Waals surface area contributed by atoms with E-state index in [4.69, 9.17) is 0 Å². The Morgan fingerprint density at radius 2 is 2.22 bits per heavy atom. The first-order valence-electron chi connectivity index (χ1n) is 5.82. The number of thiophene rings is 1. The van der Waals surface area contributed by atoms with Gasteiger partial charge in [-0.3, -0.25) is 4.79 Å². The van der Waals surface area contributed by atoms with Crippen molar-refractivity contribution < 1.29 is 9.18 Å². The van der Waals surface area contributed by atoms with Crippen LogP contribution in [-0.2, 0) is 13.0 Å². The zero-order valence-electron chi connectivity index (χ0n) is 9.73. The number of halogens is 1. The summed E-state index contributed by atoms with van der Waals surface area (Å²) in [4.78, 5) is 14.3. The predicted molar refractivity (Wildman–Crippen MR) is 70.9 cm³/mol. The van der Waals surface area contributed by atoms with Gasteiger partial charge in [-0.05, 0) is 41.6 Å². The quantitative estimate of drug-likeness (QED) is 0.773. The van der Waals surface area contributed by atoms with Crippen molar-refractivity contribution in [1.82, 2.24) is 0 Å². The second kappa shape index (κ2) is 4.53. The molecule has 2 aromatic rings. The third-order valence-corrected chi connectivity index (χ3v) is 4.24. The van der Waals surface area contributed by atoms with Crippen LogP contribution in [0, 0.1) is 5.82 Å². The number of carbonyl (C=O) groups excluding carboxylic acids is 1. The van der Waals surface area contributed by atoms with E-state index in [0.29, 0.717) is 11.8 Å². The van der Waals surface area contributed by atoms with Crippen LogP contribution < -0.4 is 4.90 Å². The van der Waals surface area contributed by atoms with Crippen LogP contribution in [-0.4, -0.2) is 12.8 Å².